The van der Waals surface area contributed by atoms with E-state index in [0.29, 0.717) is 0 Å². The number of thiophene rings is 1. The van der Waals surface area contributed by atoms with E-state index < -0.39 is 0 Å². The summed E-state index contributed by atoms with van der Waals surface area (Å²) in [6, 6.07) is 7.96. The van der Waals surface area contributed by atoms with Gasteiger partial charge in [0.15, 0.2) is 5.84 Å². The second-order valence-electron chi connectivity index (χ2n) is 4.62. The molecule has 1 aromatic heterocycles. The van der Waals surface area contributed by atoms with Gasteiger partial charge in [0.25, 0.3) is 0 Å². The molecule has 2 aromatic rings. The van der Waals surface area contributed by atoms with Crippen molar-refractivity contribution in [3.63, 3.8) is 0 Å². The largest absolute Gasteiger partial charge is 0.409 e. The van der Waals surface area contributed by atoms with Crippen LogP contribution in [0.25, 0.3) is 0 Å². The maximum Gasteiger partial charge on any atom is 0.172 e. The van der Waals surface area contributed by atoms with Crippen molar-refractivity contribution in [3.8, 4) is 0 Å². The average molecular weight is 354 g/mol. The Morgan fingerprint density at radius 3 is 2.80 bits per heavy atom. The summed E-state index contributed by atoms with van der Waals surface area (Å²) in [4.78, 5) is 2.09. The van der Waals surface area contributed by atoms with E-state index in [1.807, 2.05) is 32.2 Å². The SMILES string of the molecule is Cc1ccc(C(N)=NO)c(N(C)Cc2csc(Br)c2)c1. The van der Waals surface area contributed by atoms with Crippen molar-refractivity contribution in [2.45, 2.75) is 13.5 Å². The molecule has 0 saturated carbocycles. The monoisotopic (exact) mass is 353 g/mol. The van der Waals surface area contributed by atoms with Crippen LogP contribution < -0.4 is 10.6 Å². The van der Waals surface area contributed by atoms with Gasteiger partial charge >= 0.3 is 0 Å². The highest BCUT2D eigenvalue weighted by molar-refractivity contribution is 9.11. The number of amidine groups is 1. The molecule has 1 aromatic carbocycles. The maximum absolute atomic E-state index is 8.90. The molecule has 2 rings (SSSR count). The zero-order chi connectivity index (χ0) is 14.7. The zero-order valence-corrected chi connectivity index (χ0v) is 13.7. The van der Waals surface area contributed by atoms with Crippen LogP contribution in [-0.2, 0) is 6.54 Å². The molecule has 1 heterocycles. The summed E-state index contributed by atoms with van der Waals surface area (Å²) in [5, 5.41) is 14.1. The first-order valence-corrected chi connectivity index (χ1v) is 7.71. The average Bonchev–Trinajstić information content (AvgIpc) is 2.83. The number of hydrogen-bond donors (Lipinski definition) is 2. The number of oxime groups is 1. The second-order valence-corrected chi connectivity index (χ2v) is 6.91. The molecule has 0 aliphatic carbocycles. The molecule has 106 valence electrons. The van der Waals surface area contributed by atoms with E-state index in [0.717, 1.165) is 27.1 Å². The van der Waals surface area contributed by atoms with Gasteiger partial charge in [0.1, 0.15) is 0 Å². The van der Waals surface area contributed by atoms with Gasteiger partial charge in [0.05, 0.1) is 3.79 Å². The Morgan fingerprint density at radius 2 is 2.20 bits per heavy atom. The molecule has 20 heavy (non-hydrogen) atoms. The number of nitrogens with two attached hydrogens (primary N) is 1. The summed E-state index contributed by atoms with van der Waals surface area (Å²) in [7, 11) is 1.99. The molecule has 0 amide bonds. The van der Waals surface area contributed by atoms with E-state index in [1.165, 1.54) is 5.56 Å². The van der Waals surface area contributed by atoms with Crippen molar-refractivity contribution in [2.24, 2.45) is 10.9 Å². The van der Waals surface area contributed by atoms with Crippen molar-refractivity contribution in [1.82, 2.24) is 0 Å². The molecule has 0 radical (unpaired) electrons. The quantitative estimate of drug-likeness (QED) is 0.382. The van der Waals surface area contributed by atoms with Gasteiger partial charge in [-0.1, -0.05) is 11.2 Å². The summed E-state index contributed by atoms with van der Waals surface area (Å²) >= 11 is 5.13. The number of hydrogen-bond acceptors (Lipinski definition) is 4. The van der Waals surface area contributed by atoms with Gasteiger partial charge in [-0.25, -0.2) is 0 Å². The van der Waals surface area contributed by atoms with Gasteiger partial charge in [-0.05, 0) is 57.6 Å². The molecular formula is C14H16BrN3OS. The van der Waals surface area contributed by atoms with Gasteiger partial charge in [0.2, 0.25) is 0 Å². The molecule has 0 aliphatic heterocycles. The summed E-state index contributed by atoms with van der Waals surface area (Å²) in [6.07, 6.45) is 0. The number of nitrogens with zero attached hydrogens (tertiary/aromatic N) is 2. The van der Waals surface area contributed by atoms with Crippen LogP contribution in [-0.4, -0.2) is 18.1 Å². The summed E-state index contributed by atoms with van der Waals surface area (Å²) in [6.45, 7) is 2.78. The number of rotatable bonds is 4. The van der Waals surface area contributed by atoms with E-state index in [1.54, 1.807) is 11.3 Å². The Balaban J connectivity index is 2.32. The lowest BCUT2D eigenvalue weighted by Gasteiger charge is -2.22. The van der Waals surface area contributed by atoms with E-state index in [9.17, 15) is 0 Å². The van der Waals surface area contributed by atoms with E-state index in [2.05, 4.69) is 37.4 Å². The molecule has 3 N–H and O–H groups in total. The highest BCUT2D eigenvalue weighted by Gasteiger charge is 2.12. The summed E-state index contributed by atoms with van der Waals surface area (Å²) in [5.74, 6) is 0.123. The minimum atomic E-state index is 0.123. The minimum absolute atomic E-state index is 0.123. The third-order valence-electron chi connectivity index (χ3n) is 2.99. The number of halogens is 1. The van der Waals surface area contributed by atoms with Gasteiger partial charge in [-0.15, -0.1) is 11.3 Å². The number of aryl methyl sites for hydroxylation is 1. The lowest BCUT2D eigenvalue weighted by molar-refractivity contribution is 0.318. The lowest BCUT2D eigenvalue weighted by Crippen LogP contribution is -2.22. The molecule has 0 unspecified atom stereocenters. The van der Waals surface area contributed by atoms with Crippen LogP contribution in [0.3, 0.4) is 0 Å². The highest BCUT2D eigenvalue weighted by Crippen LogP contribution is 2.26. The Bertz CT molecular complexity index is 639. The predicted octanol–water partition coefficient (Wildman–Crippen LogP) is 3.55. The van der Waals surface area contributed by atoms with Gasteiger partial charge < -0.3 is 15.8 Å². The topological polar surface area (TPSA) is 61.9 Å². The zero-order valence-electron chi connectivity index (χ0n) is 11.3. The first kappa shape index (κ1) is 14.9. The Labute approximate surface area is 130 Å². The summed E-state index contributed by atoms with van der Waals surface area (Å²) in [5.41, 5.74) is 9.78. The van der Waals surface area contributed by atoms with Crippen LogP contribution in [0.4, 0.5) is 5.69 Å². The lowest BCUT2D eigenvalue weighted by atomic mass is 10.1. The van der Waals surface area contributed by atoms with Crippen molar-refractivity contribution in [3.05, 3.63) is 50.1 Å². The number of anilines is 1. The van der Waals surface area contributed by atoms with Crippen LogP contribution in [0.5, 0.6) is 0 Å². The fraction of sp³-hybridized carbons (Fsp3) is 0.214. The Morgan fingerprint density at radius 1 is 1.45 bits per heavy atom. The smallest absolute Gasteiger partial charge is 0.172 e. The molecular weight excluding hydrogens is 338 g/mol. The third-order valence-corrected chi connectivity index (χ3v) is 4.54. The van der Waals surface area contributed by atoms with Crippen LogP contribution >= 0.6 is 27.3 Å². The first-order valence-electron chi connectivity index (χ1n) is 6.04. The maximum atomic E-state index is 8.90. The standard InChI is InChI=1S/C14H16BrN3OS/c1-9-3-4-11(14(16)17-19)12(5-9)18(2)7-10-6-13(15)20-8-10/h3-6,8,19H,7H2,1-2H3,(H2,16,17). The van der Waals surface area contributed by atoms with E-state index >= 15 is 0 Å². The van der Waals surface area contributed by atoms with Gasteiger partial charge in [-0.3, -0.25) is 0 Å². The van der Waals surface area contributed by atoms with Crippen LogP contribution in [0, 0.1) is 6.92 Å². The van der Waals surface area contributed by atoms with Crippen molar-refractivity contribution < 1.29 is 5.21 Å². The van der Waals surface area contributed by atoms with Crippen LogP contribution in [0.1, 0.15) is 16.7 Å². The highest BCUT2D eigenvalue weighted by atomic mass is 79.9. The van der Waals surface area contributed by atoms with E-state index in [-0.39, 0.29) is 5.84 Å². The fourth-order valence-corrected chi connectivity index (χ4v) is 3.22. The molecule has 4 nitrogen and oxygen atoms in total. The van der Waals surface area contributed by atoms with Crippen molar-refractivity contribution in [2.75, 3.05) is 11.9 Å². The summed E-state index contributed by atoms with van der Waals surface area (Å²) < 4.78 is 1.11. The molecule has 0 atom stereocenters. The minimum Gasteiger partial charge on any atom is -0.409 e. The Kier molecular flexibility index (Phi) is 4.67. The van der Waals surface area contributed by atoms with Crippen molar-refractivity contribution in [1.29, 1.82) is 0 Å². The van der Waals surface area contributed by atoms with E-state index in [4.69, 9.17) is 10.9 Å². The molecule has 0 saturated heterocycles. The molecule has 0 aliphatic rings. The number of benzene rings is 1. The fourth-order valence-electron chi connectivity index (χ4n) is 2.02. The van der Waals surface area contributed by atoms with Gasteiger partial charge in [0, 0.05) is 24.8 Å². The molecule has 6 heteroatoms. The first-order chi connectivity index (χ1) is 9.51. The predicted molar refractivity (Wildman–Crippen MR) is 87.8 cm³/mol. The molecule has 0 fully saturated rings. The van der Waals surface area contributed by atoms with Crippen LogP contribution in [0.2, 0.25) is 0 Å². The van der Waals surface area contributed by atoms with Gasteiger partial charge in [-0.2, -0.15) is 0 Å². The Hall–Kier alpha value is -1.53. The normalized spacial score (nSPS) is 11.7. The second kappa shape index (κ2) is 6.28. The third kappa shape index (κ3) is 3.32. The van der Waals surface area contributed by atoms with Crippen molar-refractivity contribution >= 4 is 38.8 Å². The molecule has 0 bridgehead atoms. The molecule has 0 spiro atoms. The van der Waals surface area contributed by atoms with Crippen LogP contribution in [0.15, 0.2) is 38.6 Å².